The minimum atomic E-state index is -0.259. The quantitative estimate of drug-likeness (QED) is 0.312. The third-order valence-corrected chi connectivity index (χ3v) is 2.54. The lowest BCUT2D eigenvalue weighted by Gasteiger charge is -2.12. The first-order valence-electron chi connectivity index (χ1n) is 5.48. The van der Waals surface area contributed by atoms with Crippen LogP contribution in [-0.4, -0.2) is 30.6 Å². The van der Waals surface area contributed by atoms with E-state index in [-0.39, 0.29) is 24.2 Å². The van der Waals surface area contributed by atoms with E-state index in [2.05, 4.69) is 10.5 Å². The van der Waals surface area contributed by atoms with E-state index >= 15 is 0 Å². The minimum Gasteiger partial charge on any atom is -0.496 e. The maximum absolute atomic E-state index is 11.9. The van der Waals surface area contributed by atoms with E-state index in [1.54, 1.807) is 31.2 Å². The first-order chi connectivity index (χ1) is 8.60. The second-order valence-electron chi connectivity index (χ2n) is 3.84. The Bertz CT molecular complexity index is 446. The predicted molar refractivity (Wildman–Crippen MR) is 67.9 cm³/mol. The van der Waals surface area contributed by atoms with Gasteiger partial charge in [0.05, 0.1) is 12.7 Å². The fraction of sp³-hybridized carbons (Fsp3) is 0.333. The molecule has 1 rings (SSSR count). The number of hydrogen-bond donors (Lipinski definition) is 3. The molecule has 1 aromatic rings. The minimum absolute atomic E-state index is 0.0790. The summed E-state index contributed by atoms with van der Waals surface area (Å²) in [7, 11) is 1.51. The Morgan fingerprint density at radius 3 is 2.83 bits per heavy atom. The molecule has 0 heterocycles. The summed E-state index contributed by atoms with van der Waals surface area (Å²) in [5.74, 6) is 0.0838. The van der Waals surface area contributed by atoms with Crippen LogP contribution in [0.1, 0.15) is 17.3 Å². The SMILES string of the molecule is COc1ccccc1C(=O)NCC(C)/C(N)=N/O. The van der Waals surface area contributed by atoms with E-state index in [1.165, 1.54) is 7.11 Å². The van der Waals surface area contributed by atoms with Gasteiger partial charge in [-0.2, -0.15) is 0 Å². The highest BCUT2D eigenvalue weighted by molar-refractivity contribution is 5.97. The molecule has 0 spiro atoms. The van der Waals surface area contributed by atoms with Crippen LogP contribution >= 0.6 is 0 Å². The number of nitrogens with zero attached hydrogens (tertiary/aromatic N) is 1. The number of hydrogen-bond acceptors (Lipinski definition) is 4. The smallest absolute Gasteiger partial charge is 0.255 e. The molecule has 6 heteroatoms. The summed E-state index contributed by atoms with van der Waals surface area (Å²) >= 11 is 0. The maximum Gasteiger partial charge on any atom is 0.255 e. The zero-order valence-corrected chi connectivity index (χ0v) is 10.4. The number of nitrogens with one attached hydrogen (secondary N) is 1. The monoisotopic (exact) mass is 251 g/mol. The summed E-state index contributed by atoms with van der Waals surface area (Å²) in [5.41, 5.74) is 5.87. The molecule has 1 unspecified atom stereocenters. The van der Waals surface area contributed by atoms with Crippen molar-refractivity contribution in [3.8, 4) is 5.75 Å². The van der Waals surface area contributed by atoms with E-state index in [1.807, 2.05) is 0 Å². The fourth-order valence-corrected chi connectivity index (χ4v) is 1.38. The molecule has 1 atom stereocenters. The zero-order valence-electron chi connectivity index (χ0n) is 10.4. The van der Waals surface area contributed by atoms with Crippen molar-refractivity contribution in [2.24, 2.45) is 16.8 Å². The molecule has 1 amide bonds. The van der Waals surface area contributed by atoms with Gasteiger partial charge in [0.25, 0.3) is 5.91 Å². The predicted octanol–water partition coefficient (Wildman–Crippen LogP) is 0.808. The standard InChI is InChI=1S/C12H17N3O3/c1-8(11(13)15-17)7-14-12(16)9-5-3-4-6-10(9)18-2/h3-6,8,17H,7H2,1-2H3,(H2,13,15)(H,14,16). The van der Waals surface area contributed by atoms with Crippen LogP contribution in [0.25, 0.3) is 0 Å². The third-order valence-electron chi connectivity index (χ3n) is 2.54. The number of benzene rings is 1. The molecule has 0 saturated carbocycles. The van der Waals surface area contributed by atoms with Gasteiger partial charge in [-0.05, 0) is 12.1 Å². The number of nitrogens with two attached hydrogens (primary N) is 1. The fourth-order valence-electron chi connectivity index (χ4n) is 1.38. The lowest BCUT2D eigenvalue weighted by molar-refractivity contribution is 0.0948. The Hall–Kier alpha value is -2.24. The zero-order chi connectivity index (χ0) is 13.5. The lowest BCUT2D eigenvalue weighted by atomic mass is 10.1. The summed E-state index contributed by atoms with van der Waals surface area (Å²) in [4.78, 5) is 11.9. The van der Waals surface area contributed by atoms with Crippen LogP contribution < -0.4 is 15.8 Å². The summed E-state index contributed by atoms with van der Waals surface area (Å²) in [6.07, 6.45) is 0. The normalized spacial score (nSPS) is 12.9. The van der Waals surface area contributed by atoms with Gasteiger partial charge in [-0.1, -0.05) is 24.2 Å². The highest BCUT2D eigenvalue weighted by Crippen LogP contribution is 2.16. The van der Waals surface area contributed by atoms with E-state index in [0.717, 1.165) is 0 Å². The first-order valence-corrected chi connectivity index (χ1v) is 5.48. The molecule has 0 bridgehead atoms. The molecule has 0 saturated heterocycles. The van der Waals surface area contributed by atoms with E-state index in [4.69, 9.17) is 15.7 Å². The molecule has 0 aliphatic heterocycles. The Morgan fingerprint density at radius 2 is 2.22 bits per heavy atom. The third kappa shape index (κ3) is 3.38. The number of methoxy groups -OCH3 is 1. The van der Waals surface area contributed by atoms with Gasteiger partial charge < -0.3 is 21.0 Å². The molecule has 0 aliphatic carbocycles. The average molecular weight is 251 g/mol. The van der Waals surface area contributed by atoms with Crippen molar-refractivity contribution in [1.29, 1.82) is 0 Å². The van der Waals surface area contributed by atoms with Crippen LogP contribution in [0.2, 0.25) is 0 Å². The molecule has 4 N–H and O–H groups in total. The van der Waals surface area contributed by atoms with Crippen molar-refractivity contribution >= 4 is 11.7 Å². The van der Waals surface area contributed by atoms with Crippen LogP contribution in [0.15, 0.2) is 29.4 Å². The van der Waals surface area contributed by atoms with Gasteiger partial charge in [0.15, 0.2) is 0 Å². The van der Waals surface area contributed by atoms with Gasteiger partial charge in [0.1, 0.15) is 11.6 Å². The van der Waals surface area contributed by atoms with Crippen molar-refractivity contribution in [1.82, 2.24) is 5.32 Å². The number of carbonyl (C=O) groups is 1. The Balaban J connectivity index is 2.66. The lowest BCUT2D eigenvalue weighted by Crippen LogP contribution is -2.34. The topological polar surface area (TPSA) is 96.9 Å². The Kier molecular flexibility index (Phi) is 4.98. The first kappa shape index (κ1) is 13.8. The van der Waals surface area contributed by atoms with Crippen molar-refractivity contribution in [3.05, 3.63) is 29.8 Å². The molecule has 0 radical (unpaired) electrons. The second-order valence-corrected chi connectivity index (χ2v) is 3.84. The van der Waals surface area contributed by atoms with E-state index in [9.17, 15) is 4.79 Å². The van der Waals surface area contributed by atoms with Crippen molar-refractivity contribution in [2.45, 2.75) is 6.92 Å². The molecule has 0 aromatic heterocycles. The average Bonchev–Trinajstić information content (AvgIpc) is 2.43. The van der Waals surface area contributed by atoms with Gasteiger partial charge >= 0.3 is 0 Å². The highest BCUT2D eigenvalue weighted by atomic mass is 16.5. The Labute approximate surface area is 105 Å². The van der Waals surface area contributed by atoms with Gasteiger partial charge in [0, 0.05) is 12.5 Å². The summed E-state index contributed by atoms with van der Waals surface area (Å²) < 4.78 is 5.09. The number of para-hydroxylation sites is 1. The number of amides is 1. The summed E-state index contributed by atoms with van der Waals surface area (Å²) in [5, 5.41) is 14.1. The van der Waals surface area contributed by atoms with Gasteiger partial charge in [-0.15, -0.1) is 0 Å². The number of amidine groups is 1. The molecule has 6 nitrogen and oxygen atoms in total. The van der Waals surface area contributed by atoms with Gasteiger partial charge in [0.2, 0.25) is 0 Å². The maximum atomic E-state index is 11.9. The van der Waals surface area contributed by atoms with Crippen LogP contribution in [0, 0.1) is 5.92 Å². The second kappa shape index (κ2) is 6.48. The van der Waals surface area contributed by atoms with E-state index < -0.39 is 0 Å². The summed E-state index contributed by atoms with van der Waals surface area (Å²) in [6.45, 7) is 2.03. The highest BCUT2D eigenvalue weighted by Gasteiger charge is 2.13. The van der Waals surface area contributed by atoms with Crippen LogP contribution in [0.5, 0.6) is 5.75 Å². The molecular formula is C12H17N3O3. The number of carbonyl (C=O) groups excluding carboxylic acids is 1. The largest absolute Gasteiger partial charge is 0.496 e. The molecule has 18 heavy (non-hydrogen) atoms. The van der Waals surface area contributed by atoms with Crippen molar-refractivity contribution in [2.75, 3.05) is 13.7 Å². The summed E-state index contributed by atoms with van der Waals surface area (Å²) in [6, 6.07) is 6.92. The Morgan fingerprint density at radius 1 is 1.56 bits per heavy atom. The van der Waals surface area contributed by atoms with Crippen molar-refractivity contribution in [3.63, 3.8) is 0 Å². The van der Waals surface area contributed by atoms with Crippen LogP contribution in [-0.2, 0) is 0 Å². The van der Waals surface area contributed by atoms with Crippen LogP contribution in [0.4, 0.5) is 0 Å². The molecule has 1 aromatic carbocycles. The van der Waals surface area contributed by atoms with E-state index in [0.29, 0.717) is 11.3 Å². The van der Waals surface area contributed by atoms with Gasteiger partial charge in [-0.25, -0.2) is 0 Å². The molecule has 0 aliphatic rings. The van der Waals surface area contributed by atoms with Gasteiger partial charge in [-0.3, -0.25) is 4.79 Å². The molecule has 0 fully saturated rings. The number of ether oxygens (including phenoxy) is 1. The number of oxime groups is 1. The molecular weight excluding hydrogens is 234 g/mol. The molecule has 98 valence electrons. The van der Waals surface area contributed by atoms with Crippen LogP contribution in [0.3, 0.4) is 0 Å². The van der Waals surface area contributed by atoms with Crippen molar-refractivity contribution < 1.29 is 14.7 Å². The number of rotatable bonds is 5.